The van der Waals surface area contributed by atoms with Crippen LogP contribution in [0.1, 0.15) is 11.3 Å². The Hall–Kier alpha value is -1.69. The van der Waals surface area contributed by atoms with E-state index in [1.165, 1.54) is 52.0 Å². The molecule has 0 spiro atoms. The highest BCUT2D eigenvalue weighted by atomic mass is 32.3. The Kier molecular flexibility index (Phi) is 6.33. The average Bonchev–Trinajstić information content (AvgIpc) is 3.06. The van der Waals surface area contributed by atoms with E-state index in [1.54, 1.807) is 23.9 Å². The molecule has 0 N–H and O–H groups in total. The summed E-state index contributed by atoms with van der Waals surface area (Å²) in [6.45, 7) is 5.53. The van der Waals surface area contributed by atoms with Crippen LogP contribution in [0.2, 0.25) is 0 Å². The van der Waals surface area contributed by atoms with Gasteiger partial charge in [-0.05, 0) is 90.8 Å². The topological polar surface area (TPSA) is 8.17 Å². The number of hydrogen-bond acceptors (Lipinski definition) is 2. The summed E-state index contributed by atoms with van der Waals surface area (Å²) in [6, 6.07) is 17.9. The largest absolute Gasteiger partial charge is 0.314 e. The molecular weight excluding hydrogens is 411 g/mol. The molecule has 1 aromatic heterocycles. The van der Waals surface area contributed by atoms with E-state index in [0.29, 0.717) is 0 Å². The third kappa shape index (κ3) is 4.63. The van der Waals surface area contributed by atoms with Gasteiger partial charge in [-0.1, -0.05) is 12.1 Å². The van der Waals surface area contributed by atoms with Crippen molar-refractivity contribution in [2.75, 3.05) is 43.4 Å². The Balaban J connectivity index is 1.72. The van der Waals surface area contributed by atoms with E-state index in [1.807, 2.05) is 12.1 Å². The zero-order valence-electron chi connectivity index (χ0n) is 18.3. The summed E-state index contributed by atoms with van der Waals surface area (Å²) < 4.78 is 15.9. The molecule has 2 aromatic carbocycles. The second-order valence-corrected chi connectivity index (χ2v) is 13.9. The van der Waals surface area contributed by atoms with Gasteiger partial charge >= 0.3 is 0 Å². The second kappa shape index (κ2) is 8.81. The van der Waals surface area contributed by atoms with Crippen molar-refractivity contribution in [3.8, 4) is 16.9 Å². The summed E-state index contributed by atoms with van der Waals surface area (Å²) >= 11 is 1.75. The second-order valence-electron chi connectivity index (χ2n) is 8.63. The lowest BCUT2D eigenvalue weighted by molar-refractivity contribution is 0.292. The van der Waals surface area contributed by atoms with E-state index in [4.69, 9.17) is 0 Å². The molecule has 1 aliphatic rings. The minimum absolute atomic E-state index is 0.201. The van der Waals surface area contributed by atoms with Gasteiger partial charge in [-0.15, -0.1) is 11.8 Å². The number of rotatable bonds is 5. The van der Waals surface area contributed by atoms with E-state index in [0.717, 1.165) is 12.2 Å². The molecule has 30 heavy (non-hydrogen) atoms. The van der Waals surface area contributed by atoms with Crippen LogP contribution in [0, 0.1) is 12.7 Å². The Morgan fingerprint density at radius 1 is 0.967 bits per heavy atom. The molecule has 0 unspecified atom stereocenters. The average molecular weight is 443 g/mol. The van der Waals surface area contributed by atoms with Crippen LogP contribution in [-0.4, -0.2) is 52.8 Å². The first-order valence-electron chi connectivity index (χ1n) is 10.4. The van der Waals surface area contributed by atoms with Crippen molar-refractivity contribution < 1.29 is 4.39 Å². The molecule has 3 aromatic rings. The first-order valence-corrected chi connectivity index (χ1v) is 14.4. The number of halogens is 1. The van der Waals surface area contributed by atoms with Crippen molar-refractivity contribution >= 4 is 21.8 Å². The van der Waals surface area contributed by atoms with Crippen LogP contribution in [0.25, 0.3) is 16.9 Å². The van der Waals surface area contributed by atoms with E-state index >= 15 is 0 Å². The normalized spacial score (nSPS) is 17.8. The molecule has 2 heterocycles. The number of hydrogen-bond donors (Lipinski definition) is 0. The summed E-state index contributed by atoms with van der Waals surface area (Å²) in [7, 11) is -0.402. The van der Waals surface area contributed by atoms with Crippen molar-refractivity contribution in [2.24, 2.45) is 0 Å². The van der Waals surface area contributed by atoms with Gasteiger partial charge in [0.05, 0.1) is 5.69 Å². The van der Waals surface area contributed by atoms with Crippen LogP contribution in [0.4, 0.5) is 4.39 Å². The molecule has 0 atom stereocenters. The number of thioether (sulfide) groups is 1. The number of benzene rings is 2. The van der Waals surface area contributed by atoms with Crippen LogP contribution in [0.5, 0.6) is 0 Å². The fraction of sp³-hybridized carbons (Fsp3) is 0.360. The third-order valence-electron chi connectivity index (χ3n) is 6.14. The Morgan fingerprint density at radius 3 is 2.20 bits per heavy atom. The molecule has 160 valence electrons. The lowest BCUT2D eigenvalue weighted by Crippen LogP contribution is -2.37. The van der Waals surface area contributed by atoms with Crippen LogP contribution < -0.4 is 0 Å². The molecule has 0 saturated carbocycles. The summed E-state index contributed by atoms with van der Waals surface area (Å²) in [5, 5.41) is 0. The van der Waals surface area contributed by atoms with Crippen LogP contribution >= 0.6 is 21.8 Å². The van der Waals surface area contributed by atoms with Gasteiger partial charge in [-0.3, -0.25) is 4.90 Å². The van der Waals surface area contributed by atoms with Crippen LogP contribution in [-0.2, 0) is 6.54 Å². The van der Waals surface area contributed by atoms with E-state index < -0.39 is 10.0 Å². The van der Waals surface area contributed by atoms with Gasteiger partial charge in [-0.25, -0.2) is 14.4 Å². The van der Waals surface area contributed by atoms with Gasteiger partial charge in [0, 0.05) is 35.9 Å². The highest BCUT2D eigenvalue weighted by molar-refractivity contribution is 8.32. The van der Waals surface area contributed by atoms with Crippen molar-refractivity contribution in [1.82, 2.24) is 9.47 Å². The molecule has 0 radical (unpaired) electrons. The van der Waals surface area contributed by atoms with Gasteiger partial charge in [0.25, 0.3) is 0 Å². The quantitative estimate of drug-likeness (QED) is 0.435. The molecule has 4 rings (SSSR count). The van der Waals surface area contributed by atoms with Crippen molar-refractivity contribution in [3.63, 3.8) is 0 Å². The van der Waals surface area contributed by atoms with Crippen LogP contribution in [0.3, 0.4) is 0 Å². The Labute approximate surface area is 185 Å². The predicted octanol–water partition coefficient (Wildman–Crippen LogP) is 6.19. The first kappa shape index (κ1) is 21.5. The van der Waals surface area contributed by atoms with Gasteiger partial charge < -0.3 is 4.57 Å². The molecule has 2 nitrogen and oxygen atoms in total. The highest BCUT2D eigenvalue weighted by Gasteiger charge is 2.23. The predicted molar refractivity (Wildman–Crippen MR) is 132 cm³/mol. The molecule has 5 heteroatoms. The number of aromatic nitrogens is 1. The monoisotopic (exact) mass is 442 g/mol. The first-order chi connectivity index (χ1) is 14.4. The van der Waals surface area contributed by atoms with Crippen molar-refractivity contribution in [2.45, 2.75) is 18.4 Å². The maximum Gasteiger partial charge on any atom is 0.123 e. The van der Waals surface area contributed by atoms with Gasteiger partial charge in [-0.2, -0.15) is 0 Å². The Bertz CT molecular complexity index is 997. The summed E-state index contributed by atoms with van der Waals surface area (Å²) in [5.74, 6) is 2.45. The van der Waals surface area contributed by atoms with E-state index in [-0.39, 0.29) is 5.82 Å². The molecule has 0 bridgehead atoms. The molecule has 0 amide bonds. The minimum atomic E-state index is -0.402. The molecule has 1 fully saturated rings. The highest BCUT2D eigenvalue weighted by Crippen LogP contribution is 2.42. The Morgan fingerprint density at radius 2 is 1.60 bits per heavy atom. The SMILES string of the molecule is CSc1ccc(-c2cc(CN3CCS(C)(C)CC3)c(C)n2-c2ccc(F)cc2)cc1. The fourth-order valence-corrected chi connectivity index (χ4v) is 6.20. The maximum atomic E-state index is 13.6. The standard InChI is InChI=1S/C25H31FN2S2/c1-19-21(18-27-13-15-30(3,4)16-14-27)17-25(20-5-11-24(29-2)12-6-20)28(19)23-9-7-22(26)8-10-23/h5-12,17H,13-16,18H2,1-4H3. The third-order valence-corrected chi connectivity index (χ3v) is 9.46. The van der Waals surface area contributed by atoms with Crippen molar-refractivity contribution in [3.05, 3.63) is 71.7 Å². The molecular formula is C25H31FN2S2. The smallest absolute Gasteiger partial charge is 0.123 e. The summed E-state index contributed by atoms with van der Waals surface area (Å²) in [5.41, 5.74) is 5.97. The summed E-state index contributed by atoms with van der Waals surface area (Å²) in [4.78, 5) is 3.85. The number of nitrogens with zero attached hydrogens (tertiary/aromatic N) is 2. The molecule has 1 aliphatic heterocycles. The minimum Gasteiger partial charge on any atom is -0.314 e. The zero-order chi connectivity index (χ0) is 21.3. The van der Waals surface area contributed by atoms with Gasteiger partial charge in [0.1, 0.15) is 5.82 Å². The molecule has 1 saturated heterocycles. The van der Waals surface area contributed by atoms with Gasteiger partial charge in [0.2, 0.25) is 0 Å². The summed E-state index contributed by atoms with van der Waals surface area (Å²) in [6.07, 6.45) is 7.01. The van der Waals surface area contributed by atoms with E-state index in [2.05, 4.69) is 65.5 Å². The zero-order valence-corrected chi connectivity index (χ0v) is 20.0. The van der Waals surface area contributed by atoms with Crippen LogP contribution in [0.15, 0.2) is 59.5 Å². The van der Waals surface area contributed by atoms with Gasteiger partial charge in [0.15, 0.2) is 0 Å². The van der Waals surface area contributed by atoms with E-state index in [9.17, 15) is 4.39 Å². The maximum absolute atomic E-state index is 13.6. The molecule has 0 aliphatic carbocycles. The van der Waals surface area contributed by atoms with Crippen molar-refractivity contribution in [1.29, 1.82) is 0 Å². The fourth-order valence-electron chi connectivity index (χ4n) is 4.08. The lowest BCUT2D eigenvalue weighted by Gasteiger charge is -2.41. The lowest BCUT2D eigenvalue weighted by atomic mass is 10.1.